The van der Waals surface area contributed by atoms with Gasteiger partial charge in [0.2, 0.25) is 0 Å². The average Bonchev–Trinajstić information content (AvgIpc) is 2.17. The first kappa shape index (κ1) is 11.6. The summed E-state index contributed by atoms with van der Waals surface area (Å²) in [5.41, 5.74) is 1.02. The van der Waals surface area contributed by atoms with Crippen molar-refractivity contribution in [2.24, 2.45) is 0 Å². The number of aromatic hydroxyl groups is 1. The standard InChI is InChI=1S/C10H14O2S2/c1-10(2,14-13)7-4-5-9(12-3)8(11)6-7/h4-6,11,13H,1-3H3. The zero-order valence-corrected chi connectivity index (χ0v) is 10.2. The lowest BCUT2D eigenvalue weighted by Gasteiger charge is -2.22. The second-order valence-electron chi connectivity index (χ2n) is 3.49. The smallest absolute Gasteiger partial charge is 0.160 e. The molecule has 1 aromatic carbocycles. The maximum absolute atomic E-state index is 9.59. The number of benzene rings is 1. The van der Waals surface area contributed by atoms with Gasteiger partial charge in [0.15, 0.2) is 11.5 Å². The number of phenols is 1. The minimum absolute atomic E-state index is 0.118. The van der Waals surface area contributed by atoms with Crippen molar-refractivity contribution in [2.45, 2.75) is 18.6 Å². The number of thiol groups is 1. The van der Waals surface area contributed by atoms with Crippen molar-refractivity contribution in [3.8, 4) is 11.5 Å². The first-order valence-corrected chi connectivity index (χ1v) is 6.08. The molecule has 0 atom stereocenters. The van der Waals surface area contributed by atoms with Crippen LogP contribution in [0.4, 0.5) is 0 Å². The molecule has 0 saturated carbocycles. The molecule has 78 valence electrons. The quantitative estimate of drug-likeness (QED) is 0.617. The van der Waals surface area contributed by atoms with Crippen LogP contribution in [0.25, 0.3) is 0 Å². The van der Waals surface area contributed by atoms with Gasteiger partial charge in [-0.05, 0) is 31.5 Å². The summed E-state index contributed by atoms with van der Waals surface area (Å²) >= 11 is 4.20. The summed E-state index contributed by atoms with van der Waals surface area (Å²) in [6.45, 7) is 4.10. The maximum atomic E-state index is 9.59. The highest BCUT2D eigenvalue weighted by molar-refractivity contribution is 8.68. The van der Waals surface area contributed by atoms with Gasteiger partial charge in [0, 0.05) is 4.75 Å². The highest BCUT2D eigenvalue weighted by Gasteiger charge is 2.20. The lowest BCUT2D eigenvalue weighted by Crippen LogP contribution is -2.09. The minimum Gasteiger partial charge on any atom is -0.504 e. The van der Waals surface area contributed by atoms with E-state index in [1.165, 1.54) is 17.9 Å². The van der Waals surface area contributed by atoms with Crippen molar-refractivity contribution < 1.29 is 9.84 Å². The molecule has 2 nitrogen and oxygen atoms in total. The number of hydrogen-bond acceptors (Lipinski definition) is 4. The zero-order valence-electron chi connectivity index (χ0n) is 8.44. The Morgan fingerprint density at radius 1 is 1.43 bits per heavy atom. The van der Waals surface area contributed by atoms with Gasteiger partial charge in [-0.1, -0.05) is 16.9 Å². The molecule has 0 saturated heterocycles. The van der Waals surface area contributed by atoms with Crippen molar-refractivity contribution in [1.82, 2.24) is 0 Å². The molecule has 1 aromatic rings. The van der Waals surface area contributed by atoms with Gasteiger partial charge in [-0.25, -0.2) is 0 Å². The van der Waals surface area contributed by atoms with E-state index in [1.807, 2.05) is 19.9 Å². The Kier molecular flexibility index (Phi) is 3.61. The van der Waals surface area contributed by atoms with E-state index in [0.29, 0.717) is 5.75 Å². The first-order valence-electron chi connectivity index (χ1n) is 4.21. The summed E-state index contributed by atoms with van der Waals surface area (Å²) in [4.78, 5) is 0. The molecule has 0 aliphatic rings. The van der Waals surface area contributed by atoms with Crippen molar-refractivity contribution in [1.29, 1.82) is 0 Å². The third-order valence-corrected chi connectivity index (χ3v) is 4.16. The van der Waals surface area contributed by atoms with Crippen LogP contribution < -0.4 is 4.74 Å². The Hall–Kier alpha value is -0.480. The van der Waals surface area contributed by atoms with Crippen LogP contribution in [0.3, 0.4) is 0 Å². The van der Waals surface area contributed by atoms with Gasteiger partial charge in [0.05, 0.1) is 7.11 Å². The van der Waals surface area contributed by atoms with E-state index < -0.39 is 0 Å². The van der Waals surface area contributed by atoms with Crippen molar-refractivity contribution >= 4 is 22.5 Å². The van der Waals surface area contributed by atoms with E-state index in [4.69, 9.17) is 4.74 Å². The van der Waals surface area contributed by atoms with Crippen LogP contribution in [0.5, 0.6) is 11.5 Å². The van der Waals surface area contributed by atoms with Crippen molar-refractivity contribution in [2.75, 3.05) is 7.11 Å². The number of ether oxygens (including phenoxy) is 1. The summed E-state index contributed by atoms with van der Waals surface area (Å²) in [6, 6.07) is 5.40. The molecule has 0 bridgehead atoms. The summed E-state index contributed by atoms with van der Waals surface area (Å²) < 4.78 is 4.85. The number of rotatable bonds is 3. The predicted molar refractivity (Wildman–Crippen MR) is 64.3 cm³/mol. The molecule has 0 amide bonds. The van der Waals surface area contributed by atoms with Crippen LogP contribution in [0.15, 0.2) is 18.2 Å². The molecule has 4 heteroatoms. The fourth-order valence-corrected chi connectivity index (χ4v) is 1.67. The van der Waals surface area contributed by atoms with E-state index in [1.54, 1.807) is 12.1 Å². The highest BCUT2D eigenvalue weighted by Crippen LogP contribution is 2.40. The van der Waals surface area contributed by atoms with Crippen molar-refractivity contribution in [3.05, 3.63) is 23.8 Å². The Labute approximate surface area is 93.5 Å². The van der Waals surface area contributed by atoms with Crippen LogP contribution in [0.2, 0.25) is 0 Å². The van der Waals surface area contributed by atoms with Crippen LogP contribution in [-0.2, 0) is 4.75 Å². The maximum Gasteiger partial charge on any atom is 0.160 e. The van der Waals surface area contributed by atoms with Crippen LogP contribution >= 0.6 is 22.5 Å². The third-order valence-electron chi connectivity index (χ3n) is 2.10. The summed E-state index contributed by atoms with van der Waals surface area (Å²) in [5, 5.41) is 9.59. The number of methoxy groups -OCH3 is 1. The lowest BCUT2D eigenvalue weighted by molar-refractivity contribution is 0.372. The van der Waals surface area contributed by atoms with Gasteiger partial charge in [0.1, 0.15) is 0 Å². The van der Waals surface area contributed by atoms with E-state index in [2.05, 4.69) is 11.7 Å². The first-order chi connectivity index (χ1) is 6.51. The number of phenolic OH excluding ortho intramolecular Hbond substituents is 1. The summed E-state index contributed by atoms with van der Waals surface area (Å²) in [5.74, 6) is 0.661. The molecule has 1 rings (SSSR count). The minimum atomic E-state index is -0.118. The predicted octanol–water partition coefficient (Wildman–Crippen LogP) is 3.21. The Balaban J connectivity index is 3.08. The van der Waals surface area contributed by atoms with Gasteiger partial charge in [-0.15, -0.1) is 11.7 Å². The average molecular weight is 230 g/mol. The molecule has 1 N–H and O–H groups in total. The van der Waals surface area contributed by atoms with Gasteiger partial charge in [-0.2, -0.15) is 0 Å². The Morgan fingerprint density at radius 3 is 2.50 bits per heavy atom. The molecule has 0 heterocycles. The van der Waals surface area contributed by atoms with Crippen LogP contribution in [0, 0.1) is 0 Å². The molecule has 0 spiro atoms. The third kappa shape index (κ3) is 2.30. The SMILES string of the molecule is COc1ccc(C(C)(C)SS)cc1O. The molecular weight excluding hydrogens is 216 g/mol. The summed E-state index contributed by atoms with van der Waals surface area (Å²) in [6.07, 6.45) is 0. The molecule has 0 radical (unpaired) electrons. The van der Waals surface area contributed by atoms with Crippen LogP contribution in [-0.4, -0.2) is 12.2 Å². The molecule has 0 fully saturated rings. The van der Waals surface area contributed by atoms with E-state index in [9.17, 15) is 5.11 Å². The molecule has 0 aliphatic heterocycles. The molecular formula is C10H14O2S2. The van der Waals surface area contributed by atoms with Crippen molar-refractivity contribution in [3.63, 3.8) is 0 Å². The van der Waals surface area contributed by atoms with Gasteiger partial charge < -0.3 is 9.84 Å². The Bertz CT molecular complexity index is 324. The van der Waals surface area contributed by atoms with Gasteiger partial charge in [-0.3, -0.25) is 0 Å². The monoisotopic (exact) mass is 230 g/mol. The van der Waals surface area contributed by atoms with Gasteiger partial charge in [0.25, 0.3) is 0 Å². The largest absolute Gasteiger partial charge is 0.504 e. The molecule has 0 aliphatic carbocycles. The van der Waals surface area contributed by atoms with E-state index in [-0.39, 0.29) is 10.5 Å². The number of hydrogen-bond donors (Lipinski definition) is 2. The topological polar surface area (TPSA) is 29.5 Å². The lowest BCUT2D eigenvalue weighted by atomic mass is 10.0. The Morgan fingerprint density at radius 2 is 2.07 bits per heavy atom. The van der Waals surface area contributed by atoms with E-state index in [0.717, 1.165) is 5.56 Å². The van der Waals surface area contributed by atoms with Crippen LogP contribution in [0.1, 0.15) is 19.4 Å². The highest BCUT2D eigenvalue weighted by atomic mass is 33.1. The molecule has 0 unspecified atom stereocenters. The molecule has 14 heavy (non-hydrogen) atoms. The van der Waals surface area contributed by atoms with Gasteiger partial charge >= 0.3 is 0 Å². The fraction of sp³-hybridized carbons (Fsp3) is 0.400. The second kappa shape index (κ2) is 4.36. The van der Waals surface area contributed by atoms with E-state index >= 15 is 0 Å². The normalized spacial score (nSPS) is 11.4. The zero-order chi connectivity index (χ0) is 10.8. The second-order valence-corrected chi connectivity index (χ2v) is 5.24. The molecule has 0 aromatic heterocycles. The summed E-state index contributed by atoms with van der Waals surface area (Å²) in [7, 11) is 2.98. The fourth-order valence-electron chi connectivity index (χ4n) is 1.12.